The number of aromatic nitrogens is 4. The largest absolute Gasteiger partial charge is 0.264 e. The Hall–Kier alpha value is -7.04. The van der Waals surface area contributed by atoms with Crippen molar-refractivity contribution in [1.29, 1.82) is 0 Å². The fraction of sp³-hybridized carbons (Fsp3) is 0.111. The SMILES string of the molecule is CC1(C)c2cc(-c3ccc(-c4cccnc4)nc3)ccc2-c2c1cc1ccc3c4c(cc5ccc2c1c53)C(C)(C)c1cc(-c2ccc(-c3cccnc3)nc2)ccc1-4. The lowest BCUT2D eigenvalue weighted by Gasteiger charge is -2.24. The molecule has 2 aliphatic carbocycles. The van der Waals surface area contributed by atoms with Gasteiger partial charge in [0.1, 0.15) is 0 Å². The third-order valence-corrected chi connectivity index (χ3v) is 13.3. The first-order valence-corrected chi connectivity index (χ1v) is 20.1. The molecule has 0 fully saturated rings. The molecule has 0 spiro atoms. The molecule has 4 heterocycles. The van der Waals surface area contributed by atoms with Gasteiger partial charge in [-0.05, 0) is 149 Å². The average Bonchev–Trinajstić information content (AvgIpc) is 3.64. The molecule has 10 aromatic rings. The third-order valence-electron chi connectivity index (χ3n) is 13.3. The molecule has 0 amide bonds. The summed E-state index contributed by atoms with van der Waals surface area (Å²) >= 11 is 0. The molecule has 0 saturated carbocycles. The van der Waals surface area contributed by atoms with Gasteiger partial charge >= 0.3 is 0 Å². The van der Waals surface area contributed by atoms with E-state index in [4.69, 9.17) is 9.97 Å². The van der Waals surface area contributed by atoms with E-state index in [1.165, 1.54) is 88.0 Å². The van der Waals surface area contributed by atoms with Crippen molar-refractivity contribution in [1.82, 2.24) is 19.9 Å². The molecule has 12 rings (SSSR count). The Balaban J connectivity index is 0.979. The Morgan fingerprint density at radius 2 is 0.828 bits per heavy atom. The summed E-state index contributed by atoms with van der Waals surface area (Å²) in [4.78, 5) is 18.2. The molecule has 0 bridgehead atoms. The normalized spacial score (nSPS) is 14.5. The van der Waals surface area contributed by atoms with Crippen LogP contribution < -0.4 is 0 Å². The van der Waals surface area contributed by atoms with Crippen molar-refractivity contribution in [3.05, 3.63) is 181 Å². The molecule has 0 N–H and O–H groups in total. The second-order valence-electron chi connectivity index (χ2n) is 17.1. The van der Waals surface area contributed by atoms with Crippen LogP contribution in [0.2, 0.25) is 0 Å². The van der Waals surface area contributed by atoms with Gasteiger partial charge in [-0.15, -0.1) is 0 Å². The van der Waals surface area contributed by atoms with Crippen molar-refractivity contribution >= 4 is 32.3 Å². The molecular weight excluding hydrogens is 705 g/mol. The van der Waals surface area contributed by atoms with Gasteiger partial charge in [-0.25, -0.2) is 0 Å². The monoisotopic (exact) mass is 742 g/mol. The van der Waals surface area contributed by atoms with Crippen LogP contribution in [0.4, 0.5) is 0 Å². The first kappa shape index (κ1) is 33.1. The number of hydrogen-bond acceptors (Lipinski definition) is 4. The molecule has 6 aromatic carbocycles. The molecular formula is C54H38N4. The quantitative estimate of drug-likeness (QED) is 0.169. The summed E-state index contributed by atoms with van der Waals surface area (Å²) in [6.07, 6.45) is 11.3. The van der Waals surface area contributed by atoms with Gasteiger partial charge in [0.15, 0.2) is 0 Å². The topological polar surface area (TPSA) is 51.6 Å². The number of rotatable bonds is 4. The first-order valence-electron chi connectivity index (χ1n) is 20.1. The number of fused-ring (bicyclic) bond motifs is 8. The highest BCUT2D eigenvalue weighted by Crippen LogP contribution is 2.57. The molecule has 0 unspecified atom stereocenters. The third kappa shape index (κ3) is 4.57. The van der Waals surface area contributed by atoms with Crippen molar-refractivity contribution in [2.45, 2.75) is 38.5 Å². The highest BCUT2D eigenvalue weighted by atomic mass is 14.7. The predicted octanol–water partition coefficient (Wildman–Crippen LogP) is 13.4. The summed E-state index contributed by atoms with van der Waals surface area (Å²) < 4.78 is 0. The lowest BCUT2D eigenvalue weighted by atomic mass is 9.79. The fourth-order valence-corrected chi connectivity index (χ4v) is 10.2. The molecule has 0 radical (unpaired) electrons. The minimum absolute atomic E-state index is 0.162. The van der Waals surface area contributed by atoms with E-state index in [1.54, 1.807) is 12.4 Å². The van der Waals surface area contributed by atoms with Crippen molar-refractivity contribution in [2.75, 3.05) is 0 Å². The second kappa shape index (κ2) is 11.7. The molecule has 0 atom stereocenters. The number of benzene rings is 6. The number of nitrogens with zero attached hydrogens (tertiary/aromatic N) is 4. The van der Waals surface area contributed by atoms with Crippen LogP contribution in [0.5, 0.6) is 0 Å². The van der Waals surface area contributed by atoms with E-state index in [9.17, 15) is 0 Å². The molecule has 4 nitrogen and oxygen atoms in total. The first-order chi connectivity index (χ1) is 28.3. The zero-order valence-corrected chi connectivity index (χ0v) is 32.8. The Bertz CT molecular complexity index is 3070. The van der Waals surface area contributed by atoms with E-state index in [0.29, 0.717) is 0 Å². The minimum Gasteiger partial charge on any atom is -0.264 e. The number of pyridine rings is 4. The fourth-order valence-electron chi connectivity index (χ4n) is 10.2. The predicted molar refractivity (Wildman–Crippen MR) is 238 cm³/mol. The van der Waals surface area contributed by atoms with Gasteiger partial charge in [0, 0.05) is 70.3 Å². The Labute approximate surface area is 337 Å². The highest BCUT2D eigenvalue weighted by molar-refractivity contribution is 6.29. The van der Waals surface area contributed by atoms with Crippen LogP contribution in [0.15, 0.2) is 159 Å². The molecule has 0 saturated heterocycles. The summed E-state index contributed by atoms with van der Waals surface area (Å²) in [6, 6.07) is 45.1. The highest BCUT2D eigenvalue weighted by Gasteiger charge is 2.40. The lowest BCUT2D eigenvalue weighted by molar-refractivity contribution is 0.661. The van der Waals surface area contributed by atoms with Crippen molar-refractivity contribution in [3.8, 4) is 67.0 Å². The maximum Gasteiger partial charge on any atom is 0.0717 e. The average molecular weight is 743 g/mol. The number of hydrogen-bond donors (Lipinski definition) is 0. The molecule has 2 aliphatic rings. The standard InChI is InChI=1S/C54H38N4/c1-53(2)43-23-31(35-13-19-47(57-29-35)37-7-5-21-55-27-37)9-15-39(43)51-41-17-12-34-26-46-52(42-18-11-33(25-45(51)53)49(41)50(34)42)40-16-10-32(24-44(40)54(46,3)4)36-14-20-48(58-30-36)38-8-6-22-56-28-38/h5-30H,1-4H3. The van der Waals surface area contributed by atoms with Gasteiger partial charge in [-0.1, -0.05) is 88.4 Å². The molecule has 0 aliphatic heterocycles. The van der Waals surface area contributed by atoms with Gasteiger partial charge < -0.3 is 0 Å². The lowest BCUT2D eigenvalue weighted by Crippen LogP contribution is -2.15. The molecule has 4 aromatic heterocycles. The van der Waals surface area contributed by atoms with Gasteiger partial charge in [-0.3, -0.25) is 19.9 Å². The summed E-state index contributed by atoms with van der Waals surface area (Å²) in [6.45, 7) is 9.53. The zero-order valence-electron chi connectivity index (χ0n) is 32.8. The Kier molecular flexibility index (Phi) is 6.71. The summed E-state index contributed by atoms with van der Waals surface area (Å²) in [5.74, 6) is 0. The summed E-state index contributed by atoms with van der Waals surface area (Å²) in [7, 11) is 0. The second-order valence-corrected chi connectivity index (χ2v) is 17.1. The van der Waals surface area contributed by atoms with E-state index in [2.05, 4.69) is 135 Å². The van der Waals surface area contributed by atoms with Gasteiger partial charge in [0.05, 0.1) is 11.4 Å². The Morgan fingerprint density at radius 1 is 0.379 bits per heavy atom. The van der Waals surface area contributed by atoms with Gasteiger partial charge in [-0.2, -0.15) is 0 Å². The van der Waals surface area contributed by atoms with Crippen LogP contribution in [0.25, 0.3) is 99.3 Å². The molecule has 4 heteroatoms. The Morgan fingerprint density at radius 3 is 1.22 bits per heavy atom. The van der Waals surface area contributed by atoms with Crippen LogP contribution in [0.3, 0.4) is 0 Å². The van der Waals surface area contributed by atoms with Crippen LogP contribution in [-0.4, -0.2) is 19.9 Å². The van der Waals surface area contributed by atoms with Crippen LogP contribution >= 0.6 is 0 Å². The van der Waals surface area contributed by atoms with Crippen molar-refractivity contribution in [2.24, 2.45) is 0 Å². The summed E-state index contributed by atoms with van der Waals surface area (Å²) in [5.41, 5.74) is 19.1. The van der Waals surface area contributed by atoms with E-state index < -0.39 is 0 Å². The van der Waals surface area contributed by atoms with E-state index in [-0.39, 0.29) is 10.8 Å². The van der Waals surface area contributed by atoms with Crippen LogP contribution in [-0.2, 0) is 10.8 Å². The van der Waals surface area contributed by atoms with Crippen LogP contribution in [0, 0.1) is 0 Å². The molecule has 274 valence electrons. The van der Waals surface area contributed by atoms with Crippen molar-refractivity contribution in [3.63, 3.8) is 0 Å². The molecule has 58 heavy (non-hydrogen) atoms. The zero-order chi connectivity index (χ0) is 38.9. The van der Waals surface area contributed by atoms with E-state index in [1.807, 2.05) is 49.1 Å². The maximum absolute atomic E-state index is 4.82. The van der Waals surface area contributed by atoms with E-state index >= 15 is 0 Å². The van der Waals surface area contributed by atoms with Crippen LogP contribution in [0.1, 0.15) is 49.9 Å². The summed E-state index contributed by atoms with van der Waals surface area (Å²) in [5, 5.41) is 8.01. The minimum atomic E-state index is -0.162. The smallest absolute Gasteiger partial charge is 0.0717 e. The van der Waals surface area contributed by atoms with Crippen molar-refractivity contribution < 1.29 is 0 Å². The van der Waals surface area contributed by atoms with E-state index in [0.717, 1.165) is 33.6 Å². The van der Waals surface area contributed by atoms with Gasteiger partial charge in [0.25, 0.3) is 0 Å². The van der Waals surface area contributed by atoms with Gasteiger partial charge in [0.2, 0.25) is 0 Å². The maximum atomic E-state index is 4.82.